The van der Waals surface area contributed by atoms with E-state index in [2.05, 4.69) is 5.43 Å². The number of hydrogen-bond acceptors (Lipinski definition) is 13. The molecule has 0 bridgehead atoms. The van der Waals surface area contributed by atoms with Gasteiger partial charge in [-0.1, -0.05) is 59.1 Å². The highest BCUT2D eigenvalue weighted by molar-refractivity contribution is 6.36. The lowest BCUT2D eigenvalue weighted by atomic mass is 9.49. The maximum absolute atomic E-state index is 15.5. The Hall–Kier alpha value is -6.56. The number of nitrogens with zero attached hydrogens (tertiary/aromatic N) is 5. The summed E-state index contributed by atoms with van der Waals surface area (Å²) in [5.74, 6) is -6.83. The van der Waals surface area contributed by atoms with Crippen molar-refractivity contribution in [2.45, 2.75) is 24.2 Å². The number of nitro benzene ring substituents is 2. The fourth-order valence-corrected chi connectivity index (χ4v) is 10.3. The molecule has 19 heteroatoms. The molecule has 2 aliphatic carbocycles. The first kappa shape index (κ1) is 42.1. The topological polar surface area (TPSA) is 215 Å². The van der Waals surface area contributed by atoms with E-state index in [4.69, 9.17) is 32.7 Å². The van der Waals surface area contributed by atoms with E-state index in [1.807, 2.05) is 6.08 Å². The molecule has 2 N–H and O–H groups in total. The number of aliphatic hydroxyl groups is 1. The number of halogens is 2. The third-order valence-electron chi connectivity index (χ3n) is 12.3. The van der Waals surface area contributed by atoms with Crippen molar-refractivity contribution in [2.24, 2.45) is 23.7 Å². The molecule has 3 fully saturated rings. The highest BCUT2D eigenvalue weighted by atomic mass is 35.5. The predicted molar refractivity (Wildman–Crippen MR) is 226 cm³/mol. The fourth-order valence-electron chi connectivity index (χ4n) is 9.85. The van der Waals surface area contributed by atoms with E-state index in [1.165, 1.54) is 38.2 Å². The molecule has 4 aromatic rings. The van der Waals surface area contributed by atoms with Crippen LogP contribution in [-0.2, 0) is 24.6 Å². The van der Waals surface area contributed by atoms with Crippen molar-refractivity contribution in [1.82, 2.24) is 5.01 Å². The number of hydrazine groups is 1. The van der Waals surface area contributed by atoms with Crippen LogP contribution in [0.3, 0.4) is 0 Å². The molecule has 1 saturated carbocycles. The number of rotatable bonds is 12. The van der Waals surface area contributed by atoms with Crippen molar-refractivity contribution in [1.29, 1.82) is 0 Å². The Morgan fingerprint density at radius 2 is 1.52 bits per heavy atom. The third-order valence-corrected chi connectivity index (χ3v) is 12.9. The molecule has 2 saturated heterocycles. The molecule has 0 radical (unpaired) electrons. The van der Waals surface area contributed by atoms with Crippen LogP contribution in [-0.4, -0.2) is 78.0 Å². The third kappa shape index (κ3) is 6.58. The molecule has 4 aliphatic rings. The zero-order valence-electron chi connectivity index (χ0n) is 33.3. The lowest BCUT2D eigenvalue weighted by molar-refractivity contribution is -0.392. The van der Waals surface area contributed by atoms with E-state index in [1.54, 1.807) is 54.6 Å². The molecule has 0 aromatic heterocycles. The van der Waals surface area contributed by atoms with Crippen molar-refractivity contribution in [2.75, 3.05) is 49.6 Å². The largest absolute Gasteiger partial charge is 0.497 e. The van der Waals surface area contributed by atoms with Gasteiger partial charge in [-0.3, -0.25) is 44.8 Å². The number of fused-ring (bicyclic) bond motifs is 4. The zero-order valence-corrected chi connectivity index (χ0v) is 34.8. The maximum atomic E-state index is 15.5. The van der Waals surface area contributed by atoms with Crippen LogP contribution < -0.4 is 24.7 Å². The van der Waals surface area contributed by atoms with Gasteiger partial charge in [-0.15, -0.1) is 0 Å². The minimum Gasteiger partial charge on any atom is -0.497 e. The smallest absolute Gasteiger partial charge is 0.301 e. The van der Waals surface area contributed by atoms with Crippen LogP contribution >= 0.6 is 23.2 Å². The van der Waals surface area contributed by atoms with Gasteiger partial charge < -0.3 is 19.5 Å². The Labute approximate surface area is 363 Å². The molecule has 8 rings (SSSR count). The summed E-state index contributed by atoms with van der Waals surface area (Å²) in [4.78, 5) is 84.8. The molecule has 320 valence electrons. The van der Waals surface area contributed by atoms with Crippen LogP contribution in [0.25, 0.3) is 0 Å². The number of hydrogen-bond donors (Lipinski definition) is 2. The van der Waals surface area contributed by atoms with Crippen LogP contribution in [0.1, 0.15) is 29.9 Å². The Morgan fingerprint density at radius 3 is 2.10 bits per heavy atom. The molecule has 4 amide bonds. The monoisotopic (exact) mass is 884 g/mol. The number of methoxy groups -OCH3 is 1. The summed E-state index contributed by atoms with van der Waals surface area (Å²) in [5, 5.41) is 35.4. The van der Waals surface area contributed by atoms with Gasteiger partial charge in [-0.05, 0) is 72.4 Å². The van der Waals surface area contributed by atoms with Crippen molar-refractivity contribution >= 4 is 75.3 Å². The minimum atomic E-state index is -1.66. The molecular weight excluding hydrogens is 847 g/mol. The van der Waals surface area contributed by atoms with Gasteiger partial charge in [-0.2, -0.15) is 5.01 Å². The Bertz CT molecular complexity index is 2550. The number of anilines is 3. The van der Waals surface area contributed by atoms with E-state index in [0.29, 0.717) is 33.2 Å². The quantitative estimate of drug-likeness (QED) is 0.0679. The molecule has 0 spiro atoms. The van der Waals surface area contributed by atoms with Crippen molar-refractivity contribution < 1.29 is 43.6 Å². The van der Waals surface area contributed by atoms with Gasteiger partial charge in [0.15, 0.2) is 5.69 Å². The van der Waals surface area contributed by atoms with Crippen molar-refractivity contribution in [3.05, 3.63) is 132 Å². The molecule has 6 atom stereocenters. The molecule has 2 heterocycles. The predicted octanol–water partition coefficient (Wildman–Crippen LogP) is 6.45. The minimum absolute atomic E-state index is 0.0135. The highest BCUT2D eigenvalue weighted by Crippen LogP contribution is 2.64. The number of allylic oxidation sites excluding steroid dienone is 2. The van der Waals surface area contributed by atoms with E-state index in [9.17, 15) is 34.9 Å². The van der Waals surface area contributed by atoms with Gasteiger partial charge >= 0.3 is 11.4 Å². The van der Waals surface area contributed by atoms with Crippen LogP contribution in [0.2, 0.25) is 10.0 Å². The normalized spacial score (nSPS) is 24.0. The Balaban J connectivity index is 1.31. The van der Waals surface area contributed by atoms with E-state index < -0.39 is 79.9 Å². The van der Waals surface area contributed by atoms with E-state index in [0.717, 1.165) is 22.0 Å². The number of aliphatic hydroxyl groups excluding tert-OH is 1. The van der Waals surface area contributed by atoms with Crippen molar-refractivity contribution in [3.8, 4) is 11.5 Å². The number of imide groups is 2. The van der Waals surface area contributed by atoms with E-state index >= 15 is 9.59 Å². The van der Waals surface area contributed by atoms with Crippen LogP contribution in [0.15, 0.2) is 90.5 Å². The number of nitrogens with one attached hydrogen (secondary N) is 1. The van der Waals surface area contributed by atoms with E-state index in [-0.39, 0.29) is 48.1 Å². The number of nitro groups is 2. The van der Waals surface area contributed by atoms with Gasteiger partial charge in [0.05, 0.1) is 63.1 Å². The average molecular weight is 886 g/mol. The second kappa shape index (κ2) is 16.0. The molecule has 2 aliphatic heterocycles. The second-order valence-corrected chi connectivity index (χ2v) is 16.5. The van der Waals surface area contributed by atoms with Gasteiger partial charge in [0, 0.05) is 37.2 Å². The second-order valence-electron chi connectivity index (χ2n) is 15.6. The summed E-state index contributed by atoms with van der Waals surface area (Å²) in [7, 11) is 4.30. The van der Waals surface area contributed by atoms with Crippen LogP contribution in [0.5, 0.6) is 11.5 Å². The number of benzene rings is 4. The molecular formula is C43H38Cl2N6O11. The van der Waals surface area contributed by atoms with Gasteiger partial charge in [-0.25, -0.2) is 4.90 Å². The summed E-state index contributed by atoms with van der Waals surface area (Å²) in [6.45, 7) is -0.209. The Kier molecular flexibility index (Phi) is 10.9. The fraction of sp³-hybridized carbons (Fsp3) is 0.302. The van der Waals surface area contributed by atoms with Gasteiger partial charge in [0.1, 0.15) is 18.1 Å². The molecule has 0 unspecified atom stereocenters. The maximum Gasteiger partial charge on any atom is 0.301 e. The lowest BCUT2D eigenvalue weighted by Crippen LogP contribution is -2.53. The summed E-state index contributed by atoms with van der Waals surface area (Å²) in [5.41, 5.74) is 1.15. The molecule has 62 heavy (non-hydrogen) atoms. The Morgan fingerprint density at radius 1 is 0.871 bits per heavy atom. The SMILES string of the molecule is COc1ccc([C@@]23C(=O)N(Nc4ccc(Cl)cc4Cl)C(=O)[C@@H]2C[C@@H]2C(=CC[C@@H]4C(=O)N(c5cc([N+](=O)[O-])c(N(C)C)c([N+](=O)[O-])c5)C(=O)[C@@H]42)[C@@H]3c2ccc(OCCO)cc2)cc1. The average Bonchev–Trinajstić information content (AvgIpc) is 3.63. The number of carbonyl (C=O) groups excluding carboxylic acids is 4. The van der Waals surface area contributed by atoms with Gasteiger partial charge in [0.2, 0.25) is 11.8 Å². The van der Waals surface area contributed by atoms with Crippen LogP contribution in [0, 0.1) is 43.9 Å². The van der Waals surface area contributed by atoms with Crippen LogP contribution in [0.4, 0.5) is 28.4 Å². The first-order valence-electron chi connectivity index (χ1n) is 19.4. The summed E-state index contributed by atoms with van der Waals surface area (Å²) >= 11 is 12.7. The zero-order chi connectivity index (χ0) is 44.4. The van der Waals surface area contributed by atoms with Crippen molar-refractivity contribution in [3.63, 3.8) is 0 Å². The number of carbonyl (C=O) groups is 4. The standard InChI is InChI=1S/C43H38Cl2N6O11/c1-47(2)38-34(50(57)58)19-25(20-35(38)51(59)60)48-39(53)29-14-13-28-30(36(29)41(48)55)21-31-40(54)49(46-33-15-8-24(44)18-32(33)45)42(56)43(31,23-6-11-26(61-3)12-7-23)37(28)22-4-9-27(10-5-22)62-17-16-52/h4-13,15,18-20,29-31,36-37,46,52H,14,16-17,21H2,1-3H3/t29-,30+,31-,36-,37-,43+/m0/s1. The first-order chi connectivity index (χ1) is 29.6. The number of ether oxygens (including phenoxy) is 2. The lowest BCUT2D eigenvalue weighted by Gasteiger charge is -2.50. The molecule has 4 aromatic carbocycles. The summed E-state index contributed by atoms with van der Waals surface area (Å²) in [6, 6.07) is 20.1. The summed E-state index contributed by atoms with van der Waals surface area (Å²) < 4.78 is 11.1. The highest BCUT2D eigenvalue weighted by Gasteiger charge is 2.70. The number of amides is 4. The molecule has 17 nitrogen and oxygen atoms in total. The summed E-state index contributed by atoms with van der Waals surface area (Å²) in [6.07, 6.45) is 1.75. The van der Waals surface area contributed by atoms with Gasteiger partial charge in [0.25, 0.3) is 11.8 Å². The first-order valence-corrected chi connectivity index (χ1v) is 20.2.